The average Bonchev–Trinajstić information content (AvgIpc) is 2.17. The van der Waals surface area contributed by atoms with Crippen LogP contribution in [0.3, 0.4) is 0 Å². The molecule has 1 aliphatic heterocycles. The Morgan fingerprint density at radius 3 is 2.77 bits per heavy atom. The van der Waals surface area contributed by atoms with Gasteiger partial charge in [0.05, 0.1) is 12.1 Å². The molecule has 0 spiro atoms. The van der Waals surface area contributed by atoms with E-state index in [4.69, 9.17) is 5.26 Å². The molecule has 2 unspecified atom stereocenters. The third kappa shape index (κ3) is 2.43. The third-order valence-electron chi connectivity index (χ3n) is 3.01. The zero-order valence-corrected chi connectivity index (χ0v) is 8.82. The molecular weight excluding hydrogens is 162 g/mol. The van der Waals surface area contributed by atoms with Gasteiger partial charge in [0, 0.05) is 25.7 Å². The summed E-state index contributed by atoms with van der Waals surface area (Å²) >= 11 is 0. The van der Waals surface area contributed by atoms with Crippen LogP contribution in [0, 0.1) is 11.3 Å². The standard InChI is InChI=1S/C10H19N3/c1-4-10-8-13(9(2)7-11)6-5-12(10)3/h9-10H,4-6,8H2,1-3H3. The Balaban J connectivity index is 2.50. The molecule has 0 N–H and O–H groups in total. The van der Waals surface area contributed by atoms with E-state index in [-0.39, 0.29) is 6.04 Å². The zero-order valence-electron chi connectivity index (χ0n) is 8.82. The molecule has 0 radical (unpaired) electrons. The van der Waals surface area contributed by atoms with E-state index in [1.165, 1.54) is 6.42 Å². The van der Waals surface area contributed by atoms with Gasteiger partial charge >= 0.3 is 0 Å². The van der Waals surface area contributed by atoms with E-state index in [0.717, 1.165) is 19.6 Å². The van der Waals surface area contributed by atoms with Gasteiger partial charge in [0.2, 0.25) is 0 Å². The Morgan fingerprint density at radius 2 is 2.23 bits per heavy atom. The van der Waals surface area contributed by atoms with Gasteiger partial charge in [-0.25, -0.2) is 0 Å². The number of hydrogen-bond donors (Lipinski definition) is 0. The van der Waals surface area contributed by atoms with E-state index in [9.17, 15) is 0 Å². The summed E-state index contributed by atoms with van der Waals surface area (Å²) in [6.07, 6.45) is 1.17. The number of rotatable bonds is 2. The largest absolute Gasteiger partial charge is 0.301 e. The number of likely N-dealkylation sites (N-methyl/N-ethyl adjacent to an activating group) is 1. The summed E-state index contributed by atoms with van der Waals surface area (Å²) < 4.78 is 0. The highest BCUT2D eigenvalue weighted by atomic mass is 15.3. The monoisotopic (exact) mass is 181 g/mol. The van der Waals surface area contributed by atoms with Crippen molar-refractivity contribution in [2.45, 2.75) is 32.4 Å². The van der Waals surface area contributed by atoms with E-state index in [0.29, 0.717) is 6.04 Å². The lowest BCUT2D eigenvalue weighted by molar-refractivity contribution is 0.0819. The summed E-state index contributed by atoms with van der Waals surface area (Å²) in [5.41, 5.74) is 0. The molecule has 0 aliphatic carbocycles. The van der Waals surface area contributed by atoms with Gasteiger partial charge in [-0.2, -0.15) is 5.26 Å². The van der Waals surface area contributed by atoms with Gasteiger partial charge in [-0.1, -0.05) is 6.92 Å². The first-order valence-electron chi connectivity index (χ1n) is 5.03. The molecule has 1 fully saturated rings. The number of piperazine rings is 1. The highest BCUT2D eigenvalue weighted by molar-refractivity contribution is 4.92. The highest BCUT2D eigenvalue weighted by Gasteiger charge is 2.25. The zero-order chi connectivity index (χ0) is 9.84. The SMILES string of the molecule is CCC1CN(C(C)C#N)CCN1C. The van der Waals surface area contributed by atoms with E-state index in [2.05, 4.69) is 29.8 Å². The van der Waals surface area contributed by atoms with Gasteiger partial charge in [0.15, 0.2) is 0 Å². The quantitative estimate of drug-likeness (QED) is 0.634. The highest BCUT2D eigenvalue weighted by Crippen LogP contribution is 2.12. The molecule has 3 heteroatoms. The number of nitriles is 1. The van der Waals surface area contributed by atoms with Crippen LogP contribution in [-0.2, 0) is 0 Å². The van der Waals surface area contributed by atoms with E-state index >= 15 is 0 Å². The molecule has 0 aromatic carbocycles. The van der Waals surface area contributed by atoms with Crippen molar-refractivity contribution in [2.75, 3.05) is 26.7 Å². The van der Waals surface area contributed by atoms with Crippen LogP contribution in [0.5, 0.6) is 0 Å². The van der Waals surface area contributed by atoms with Crippen molar-refractivity contribution in [3.05, 3.63) is 0 Å². The molecule has 0 aromatic rings. The predicted molar refractivity (Wildman–Crippen MR) is 53.4 cm³/mol. The van der Waals surface area contributed by atoms with E-state index < -0.39 is 0 Å². The number of nitrogens with zero attached hydrogens (tertiary/aromatic N) is 3. The minimum absolute atomic E-state index is 0.0720. The maximum Gasteiger partial charge on any atom is 0.0950 e. The fraction of sp³-hybridized carbons (Fsp3) is 0.900. The van der Waals surface area contributed by atoms with Gasteiger partial charge < -0.3 is 4.90 Å². The van der Waals surface area contributed by atoms with Crippen LogP contribution in [0.25, 0.3) is 0 Å². The van der Waals surface area contributed by atoms with E-state index in [1.807, 2.05) is 6.92 Å². The first-order valence-corrected chi connectivity index (χ1v) is 5.03. The van der Waals surface area contributed by atoms with Crippen LogP contribution < -0.4 is 0 Å². The molecule has 1 heterocycles. The van der Waals surface area contributed by atoms with Gasteiger partial charge in [-0.15, -0.1) is 0 Å². The lowest BCUT2D eigenvalue weighted by Gasteiger charge is -2.40. The first kappa shape index (κ1) is 10.5. The molecule has 1 saturated heterocycles. The van der Waals surface area contributed by atoms with Crippen molar-refractivity contribution in [3.63, 3.8) is 0 Å². The van der Waals surface area contributed by atoms with Crippen molar-refractivity contribution in [1.82, 2.24) is 9.80 Å². The van der Waals surface area contributed by atoms with Gasteiger partial charge in [-0.3, -0.25) is 4.90 Å². The summed E-state index contributed by atoms with van der Waals surface area (Å²) in [6.45, 7) is 7.35. The van der Waals surface area contributed by atoms with Crippen molar-refractivity contribution < 1.29 is 0 Å². The normalized spacial score (nSPS) is 28.3. The Morgan fingerprint density at radius 1 is 1.54 bits per heavy atom. The second-order valence-corrected chi connectivity index (χ2v) is 3.84. The molecule has 0 bridgehead atoms. The second-order valence-electron chi connectivity index (χ2n) is 3.84. The smallest absolute Gasteiger partial charge is 0.0950 e. The van der Waals surface area contributed by atoms with Crippen LogP contribution in [-0.4, -0.2) is 48.6 Å². The van der Waals surface area contributed by atoms with Gasteiger partial charge in [0.1, 0.15) is 0 Å². The second kappa shape index (κ2) is 4.59. The Kier molecular flexibility index (Phi) is 3.71. The number of hydrogen-bond acceptors (Lipinski definition) is 3. The fourth-order valence-corrected chi connectivity index (χ4v) is 1.84. The molecule has 1 rings (SSSR count). The molecule has 3 nitrogen and oxygen atoms in total. The van der Waals surface area contributed by atoms with Crippen molar-refractivity contribution in [1.29, 1.82) is 5.26 Å². The maximum absolute atomic E-state index is 8.81. The summed E-state index contributed by atoms with van der Waals surface area (Å²) in [4.78, 5) is 4.66. The molecule has 13 heavy (non-hydrogen) atoms. The minimum atomic E-state index is 0.0720. The van der Waals surface area contributed by atoms with Crippen LogP contribution in [0.2, 0.25) is 0 Å². The van der Waals surface area contributed by atoms with Crippen molar-refractivity contribution >= 4 is 0 Å². The third-order valence-corrected chi connectivity index (χ3v) is 3.01. The molecule has 2 atom stereocenters. The van der Waals surface area contributed by atoms with Crippen LogP contribution in [0.15, 0.2) is 0 Å². The molecular formula is C10H19N3. The summed E-state index contributed by atoms with van der Waals surface area (Å²) in [7, 11) is 2.17. The fourth-order valence-electron chi connectivity index (χ4n) is 1.84. The Labute approximate surface area is 80.9 Å². The molecule has 1 aliphatic rings. The lowest BCUT2D eigenvalue weighted by Crippen LogP contribution is -2.53. The molecule has 0 amide bonds. The van der Waals surface area contributed by atoms with Crippen LogP contribution in [0.4, 0.5) is 0 Å². The maximum atomic E-state index is 8.81. The Hall–Kier alpha value is -0.590. The lowest BCUT2D eigenvalue weighted by atomic mass is 10.1. The predicted octanol–water partition coefficient (Wildman–Crippen LogP) is 0.924. The van der Waals surface area contributed by atoms with Crippen LogP contribution >= 0.6 is 0 Å². The Bertz CT molecular complexity index is 197. The van der Waals surface area contributed by atoms with Gasteiger partial charge in [0.25, 0.3) is 0 Å². The molecule has 0 saturated carbocycles. The summed E-state index contributed by atoms with van der Waals surface area (Å²) in [5.74, 6) is 0. The summed E-state index contributed by atoms with van der Waals surface area (Å²) in [6, 6.07) is 3.00. The molecule has 0 aromatic heterocycles. The molecule has 74 valence electrons. The van der Waals surface area contributed by atoms with Crippen molar-refractivity contribution in [3.8, 4) is 6.07 Å². The summed E-state index contributed by atoms with van der Waals surface area (Å²) in [5, 5.41) is 8.81. The van der Waals surface area contributed by atoms with Crippen molar-refractivity contribution in [2.24, 2.45) is 0 Å². The topological polar surface area (TPSA) is 30.3 Å². The van der Waals surface area contributed by atoms with Crippen LogP contribution in [0.1, 0.15) is 20.3 Å². The van der Waals surface area contributed by atoms with Gasteiger partial charge in [-0.05, 0) is 20.4 Å². The average molecular weight is 181 g/mol. The van der Waals surface area contributed by atoms with E-state index in [1.54, 1.807) is 0 Å². The minimum Gasteiger partial charge on any atom is -0.301 e. The first-order chi connectivity index (χ1) is 6.19.